The fourth-order valence-corrected chi connectivity index (χ4v) is 0.916. The minimum absolute atomic E-state index is 0.194. The largest absolute Gasteiger partial charge is 0.341 e. The van der Waals surface area contributed by atoms with Gasteiger partial charge in [0.05, 0.1) is 0 Å². The van der Waals surface area contributed by atoms with Crippen LogP contribution >= 0.6 is 0 Å². The Balaban J connectivity index is 0.000000791. The van der Waals surface area contributed by atoms with Crippen molar-refractivity contribution in [1.29, 1.82) is 0 Å². The molecule has 0 aromatic heterocycles. The topological polar surface area (TPSA) is 41.1 Å². The third-order valence-electron chi connectivity index (χ3n) is 1.50. The van der Waals surface area contributed by atoms with Gasteiger partial charge in [0.2, 0.25) is 0 Å². The lowest BCUT2D eigenvalue weighted by Gasteiger charge is -2.03. The maximum Gasteiger partial charge on any atom is 0.318 e. The summed E-state index contributed by atoms with van der Waals surface area (Å²) in [5.41, 5.74) is 1.94. The molecule has 14 heavy (non-hydrogen) atoms. The molecule has 0 saturated heterocycles. The van der Waals surface area contributed by atoms with Crippen LogP contribution in [0.1, 0.15) is 19.4 Å². The molecule has 78 valence electrons. The second-order valence-corrected chi connectivity index (χ2v) is 2.57. The summed E-state index contributed by atoms with van der Waals surface area (Å²) in [6, 6.07) is 7.45. The van der Waals surface area contributed by atoms with Crippen LogP contribution in [0, 0.1) is 6.92 Å². The normalized spacial score (nSPS) is 8.29. The van der Waals surface area contributed by atoms with Gasteiger partial charge in [-0.1, -0.05) is 26.0 Å². The number of hydrogen-bond donors (Lipinski definition) is 2. The standard InChI is InChI=1S/C9H12N2O.C2H6/c1-7-4-3-5-8(6-7)11-9(12)10-2;1-2/h3-6H,1-2H3,(H2,10,11,12);1-2H3. The van der Waals surface area contributed by atoms with Gasteiger partial charge in [-0.15, -0.1) is 0 Å². The van der Waals surface area contributed by atoms with Crippen LogP contribution in [-0.4, -0.2) is 13.1 Å². The second-order valence-electron chi connectivity index (χ2n) is 2.57. The van der Waals surface area contributed by atoms with Gasteiger partial charge in [0.15, 0.2) is 0 Å². The first-order valence-corrected chi connectivity index (χ1v) is 4.78. The van der Waals surface area contributed by atoms with Crippen LogP contribution < -0.4 is 10.6 Å². The lowest BCUT2D eigenvalue weighted by atomic mass is 10.2. The molecule has 0 aliphatic heterocycles. The molecule has 0 atom stereocenters. The summed E-state index contributed by atoms with van der Waals surface area (Å²) in [7, 11) is 1.59. The van der Waals surface area contributed by atoms with Crippen molar-refractivity contribution in [1.82, 2.24) is 5.32 Å². The van der Waals surface area contributed by atoms with Gasteiger partial charge >= 0.3 is 6.03 Å². The number of aryl methyl sites for hydroxylation is 1. The average molecular weight is 194 g/mol. The van der Waals surface area contributed by atoms with Crippen LogP contribution in [0.3, 0.4) is 0 Å². The molecule has 1 rings (SSSR count). The number of nitrogens with one attached hydrogen (secondary N) is 2. The van der Waals surface area contributed by atoms with Crippen LogP contribution in [-0.2, 0) is 0 Å². The maximum absolute atomic E-state index is 10.9. The molecular formula is C11H18N2O. The Morgan fingerprint density at radius 2 is 1.93 bits per heavy atom. The van der Waals surface area contributed by atoms with E-state index in [2.05, 4.69) is 10.6 Å². The summed E-state index contributed by atoms with van der Waals surface area (Å²) in [5.74, 6) is 0. The zero-order valence-corrected chi connectivity index (χ0v) is 9.22. The van der Waals surface area contributed by atoms with E-state index in [0.717, 1.165) is 11.3 Å². The molecule has 1 aromatic carbocycles. The molecule has 3 nitrogen and oxygen atoms in total. The monoisotopic (exact) mass is 194 g/mol. The molecule has 0 aliphatic rings. The number of hydrogen-bond acceptors (Lipinski definition) is 1. The Bertz CT molecular complexity index is 284. The van der Waals surface area contributed by atoms with Crippen molar-refractivity contribution in [3.63, 3.8) is 0 Å². The van der Waals surface area contributed by atoms with Gasteiger partial charge in [0.1, 0.15) is 0 Å². The number of carbonyl (C=O) groups excluding carboxylic acids is 1. The summed E-state index contributed by atoms with van der Waals surface area (Å²) in [6.07, 6.45) is 0. The number of anilines is 1. The van der Waals surface area contributed by atoms with Gasteiger partial charge in [-0.05, 0) is 24.6 Å². The smallest absolute Gasteiger partial charge is 0.318 e. The van der Waals surface area contributed by atoms with Crippen molar-refractivity contribution < 1.29 is 4.79 Å². The maximum atomic E-state index is 10.9. The third kappa shape index (κ3) is 4.50. The number of rotatable bonds is 1. The predicted octanol–water partition coefficient (Wildman–Crippen LogP) is 2.77. The van der Waals surface area contributed by atoms with Crippen LogP contribution in [0.25, 0.3) is 0 Å². The lowest BCUT2D eigenvalue weighted by Crippen LogP contribution is -2.24. The van der Waals surface area contributed by atoms with Crippen LogP contribution in [0.4, 0.5) is 10.5 Å². The molecule has 0 fully saturated rings. The summed E-state index contributed by atoms with van der Waals surface area (Å²) in [6.45, 7) is 5.98. The van der Waals surface area contributed by atoms with Crippen molar-refractivity contribution in [2.45, 2.75) is 20.8 Å². The van der Waals surface area contributed by atoms with E-state index in [0.29, 0.717) is 0 Å². The van der Waals surface area contributed by atoms with Crippen molar-refractivity contribution in [3.05, 3.63) is 29.8 Å². The molecule has 2 N–H and O–H groups in total. The Morgan fingerprint density at radius 1 is 1.29 bits per heavy atom. The average Bonchev–Trinajstić information content (AvgIpc) is 2.21. The van der Waals surface area contributed by atoms with Gasteiger partial charge in [-0.2, -0.15) is 0 Å². The minimum atomic E-state index is -0.194. The highest BCUT2D eigenvalue weighted by Gasteiger charge is 1.96. The van der Waals surface area contributed by atoms with E-state index in [1.807, 2.05) is 45.0 Å². The van der Waals surface area contributed by atoms with Crippen molar-refractivity contribution in [2.75, 3.05) is 12.4 Å². The van der Waals surface area contributed by atoms with Gasteiger partial charge in [0.25, 0.3) is 0 Å². The van der Waals surface area contributed by atoms with E-state index in [-0.39, 0.29) is 6.03 Å². The summed E-state index contributed by atoms with van der Waals surface area (Å²) < 4.78 is 0. The molecule has 1 aromatic rings. The SMILES string of the molecule is CC.CNC(=O)Nc1cccc(C)c1. The molecule has 0 radical (unpaired) electrons. The van der Waals surface area contributed by atoms with Gasteiger partial charge in [-0.25, -0.2) is 4.79 Å². The van der Waals surface area contributed by atoms with Crippen LogP contribution in [0.2, 0.25) is 0 Å². The Kier molecular flexibility index (Phi) is 6.20. The quantitative estimate of drug-likeness (QED) is 0.709. The molecule has 0 bridgehead atoms. The molecule has 0 unspecified atom stereocenters. The first kappa shape index (κ1) is 12.5. The van der Waals surface area contributed by atoms with Crippen molar-refractivity contribution in [3.8, 4) is 0 Å². The Hall–Kier alpha value is -1.51. The molecule has 0 heterocycles. The van der Waals surface area contributed by atoms with Gasteiger partial charge in [0, 0.05) is 12.7 Å². The second kappa shape index (κ2) is 6.95. The van der Waals surface area contributed by atoms with E-state index in [9.17, 15) is 4.79 Å². The third-order valence-corrected chi connectivity index (χ3v) is 1.50. The van der Waals surface area contributed by atoms with E-state index < -0.39 is 0 Å². The van der Waals surface area contributed by atoms with E-state index >= 15 is 0 Å². The highest BCUT2D eigenvalue weighted by molar-refractivity contribution is 5.88. The van der Waals surface area contributed by atoms with Crippen molar-refractivity contribution >= 4 is 11.7 Å². The predicted molar refractivity (Wildman–Crippen MR) is 60.6 cm³/mol. The summed E-state index contributed by atoms with van der Waals surface area (Å²) >= 11 is 0. The van der Waals surface area contributed by atoms with Crippen LogP contribution in [0.15, 0.2) is 24.3 Å². The number of carbonyl (C=O) groups is 1. The summed E-state index contributed by atoms with van der Waals surface area (Å²) in [5, 5.41) is 5.17. The molecule has 0 saturated carbocycles. The first-order chi connectivity index (χ1) is 6.72. The molecule has 2 amide bonds. The highest BCUT2D eigenvalue weighted by Crippen LogP contribution is 2.08. The van der Waals surface area contributed by atoms with E-state index in [1.165, 1.54) is 0 Å². The van der Waals surface area contributed by atoms with Gasteiger partial charge in [-0.3, -0.25) is 0 Å². The lowest BCUT2D eigenvalue weighted by molar-refractivity contribution is 0.254. The van der Waals surface area contributed by atoms with Crippen LogP contribution in [0.5, 0.6) is 0 Å². The number of benzene rings is 1. The Morgan fingerprint density at radius 3 is 2.43 bits per heavy atom. The Labute approximate surface area is 85.5 Å². The molecule has 0 aliphatic carbocycles. The fourth-order valence-electron chi connectivity index (χ4n) is 0.916. The van der Waals surface area contributed by atoms with E-state index in [1.54, 1.807) is 7.05 Å². The molecule has 0 spiro atoms. The summed E-state index contributed by atoms with van der Waals surface area (Å²) in [4.78, 5) is 10.9. The first-order valence-electron chi connectivity index (χ1n) is 4.78. The molecular weight excluding hydrogens is 176 g/mol. The van der Waals surface area contributed by atoms with Gasteiger partial charge < -0.3 is 10.6 Å². The zero-order chi connectivity index (χ0) is 11.0. The van der Waals surface area contributed by atoms with E-state index in [4.69, 9.17) is 0 Å². The highest BCUT2D eigenvalue weighted by atomic mass is 16.2. The number of amides is 2. The minimum Gasteiger partial charge on any atom is -0.341 e. The zero-order valence-electron chi connectivity index (χ0n) is 9.22. The van der Waals surface area contributed by atoms with Crippen molar-refractivity contribution in [2.24, 2.45) is 0 Å². The molecule has 3 heteroatoms. The fraction of sp³-hybridized carbons (Fsp3) is 0.364. The number of urea groups is 1.